The van der Waals surface area contributed by atoms with E-state index in [1.807, 2.05) is 31.2 Å². The highest BCUT2D eigenvalue weighted by Crippen LogP contribution is 2.28. The Kier molecular flexibility index (Phi) is 3.31. The zero-order chi connectivity index (χ0) is 14.8. The zero-order valence-corrected chi connectivity index (χ0v) is 11.5. The summed E-state index contributed by atoms with van der Waals surface area (Å²) in [6.07, 6.45) is 0. The van der Waals surface area contributed by atoms with Gasteiger partial charge in [0.1, 0.15) is 5.75 Å². The molecule has 5 nitrogen and oxygen atoms in total. The van der Waals surface area contributed by atoms with Crippen molar-refractivity contribution in [3.05, 3.63) is 53.6 Å². The zero-order valence-electron chi connectivity index (χ0n) is 11.5. The first-order valence-electron chi connectivity index (χ1n) is 6.56. The van der Waals surface area contributed by atoms with Crippen LogP contribution in [0.5, 0.6) is 5.75 Å². The molecule has 3 rings (SSSR count). The summed E-state index contributed by atoms with van der Waals surface area (Å²) in [6, 6.07) is 12.5. The van der Waals surface area contributed by atoms with Gasteiger partial charge in [0.25, 0.3) is 11.8 Å². The maximum absolute atomic E-state index is 12.2. The lowest BCUT2D eigenvalue weighted by Crippen LogP contribution is -2.25. The number of amides is 2. The minimum atomic E-state index is -0.233. The lowest BCUT2D eigenvalue weighted by Gasteiger charge is -2.18. The second kappa shape index (κ2) is 5.28. The van der Waals surface area contributed by atoms with Crippen molar-refractivity contribution in [3.63, 3.8) is 0 Å². The third-order valence-corrected chi connectivity index (χ3v) is 3.15. The van der Waals surface area contributed by atoms with Crippen molar-refractivity contribution in [2.45, 2.75) is 6.92 Å². The average molecular weight is 282 g/mol. The fourth-order valence-corrected chi connectivity index (χ4v) is 2.15. The molecule has 0 spiro atoms. The van der Waals surface area contributed by atoms with Crippen LogP contribution in [0.15, 0.2) is 42.5 Å². The Hall–Kier alpha value is -2.82. The standard InChI is InChI=1S/C16H14N2O3/c1-10-3-2-4-12(7-10)17-16(20)11-5-6-14-13(8-11)18-15(19)9-21-14/h2-8H,9H2,1H3,(H,17,20)(H,18,19). The highest BCUT2D eigenvalue weighted by molar-refractivity contribution is 6.06. The number of hydrogen-bond acceptors (Lipinski definition) is 3. The Morgan fingerprint density at radius 2 is 2.10 bits per heavy atom. The molecule has 106 valence electrons. The molecule has 21 heavy (non-hydrogen) atoms. The van der Waals surface area contributed by atoms with Crippen molar-refractivity contribution in [1.82, 2.24) is 0 Å². The summed E-state index contributed by atoms with van der Waals surface area (Å²) in [4.78, 5) is 23.5. The normalized spacial score (nSPS) is 12.9. The van der Waals surface area contributed by atoms with E-state index < -0.39 is 0 Å². The summed E-state index contributed by atoms with van der Waals surface area (Å²) in [7, 11) is 0. The summed E-state index contributed by atoms with van der Waals surface area (Å²) in [5.41, 5.74) is 2.78. The van der Waals surface area contributed by atoms with Crippen LogP contribution in [0.4, 0.5) is 11.4 Å². The van der Waals surface area contributed by atoms with E-state index in [4.69, 9.17) is 4.74 Å². The number of fused-ring (bicyclic) bond motifs is 1. The van der Waals surface area contributed by atoms with Crippen molar-refractivity contribution in [2.24, 2.45) is 0 Å². The van der Waals surface area contributed by atoms with Crippen LogP contribution in [0.2, 0.25) is 0 Å². The summed E-state index contributed by atoms with van der Waals surface area (Å²) in [6.45, 7) is 1.96. The Bertz CT molecular complexity index is 725. The highest BCUT2D eigenvalue weighted by atomic mass is 16.5. The second-order valence-electron chi connectivity index (χ2n) is 4.87. The van der Waals surface area contributed by atoms with Crippen LogP contribution in [-0.2, 0) is 4.79 Å². The lowest BCUT2D eigenvalue weighted by atomic mass is 10.1. The van der Waals surface area contributed by atoms with Gasteiger partial charge in [0.15, 0.2) is 6.61 Å². The Morgan fingerprint density at radius 3 is 2.90 bits per heavy atom. The molecule has 1 heterocycles. The molecule has 0 fully saturated rings. The molecular formula is C16H14N2O3. The summed E-state index contributed by atoms with van der Waals surface area (Å²) in [5.74, 6) is 0.115. The van der Waals surface area contributed by atoms with E-state index >= 15 is 0 Å². The first kappa shape index (κ1) is 13.2. The number of carbonyl (C=O) groups is 2. The monoisotopic (exact) mass is 282 g/mol. The van der Waals surface area contributed by atoms with Gasteiger partial charge >= 0.3 is 0 Å². The van der Waals surface area contributed by atoms with Crippen LogP contribution in [0.25, 0.3) is 0 Å². The van der Waals surface area contributed by atoms with Crippen LogP contribution >= 0.6 is 0 Å². The maximum atomic E-state index is 12.2. The molecular weight excluding hydrogens is 268 g/mol. The predicted molar refractivity (Wildman–Crippen MR) is 79.7 cm³/mol. The van der Waals surface area contributed by atoms with Gasteiger partial charge in [0, 0.05) is 11.3 Å². The molecule has 0 saturated carbocycles. The molecule has 2 aromatic carbocycles. The number of carbonyl (C=O) groups excluding carboxylic acids is 2. The van der Waals surface area contributed by atoms with Crippen LogP contribution < -0.4 is 15.4 Å². The molecule has 2 aromatic rings. The van der Waals surface area contributed by atoms with E-state index in [1.165, 1.54) is 0 Å². The molecule has 2 amide bonds. The van der Waals surface area contributed by atoms with Crippen LogP contribution in [0, 0.1) is 6.92 Å². The molecule has 0 unspecified atom stereocenters. The highest BCUT2D eigenvalue weighted by Gasteiger charge is 2.17. The van der Waals surface area contributed by atoms with Gasteiger partial charge in [-0.1, -0.05) is 12.1 Å². The van der Waals surface area contributed by atoms with E-state index in [0.717, 1.165) is 11.3 Å². The van der Waals surface area contributed by atoms with Gasteiger partial charge < -0.3 is 15.4 Å². The maximum Gasteiger partial charge on any atom is 0.262 e. The van der Waals surface area contributed by atoms with Crippen molar-refractivity contribution in [2.75, 3.05) is 17.2 Å². The van der Waals surface area contributed by atoms with Gasteiger partial charge in [-0.3, -0.25) is 9.59 Å². The van der Waals surface area contributed by atoms with Gasteiger partial charge in [-0.15, -0.1) is 0 Å². The number of ether oxygens (including phenoxy) is 1. The molecule has 0 aromatic heterocycles. The van der Waals surface area contributed by atoms with E-state index in [2.05, 4.69) is 10.6 Å². The van der Waals surface area contributed by atoms with Crippen molar-refractivity contribution < 1.29 is 14.3 Å². The van der Waals surface area contributed by atoms with Crippen LogP contribution in [0.1, 0.15) is 15.9 Å². The number of rotatable bonds is 2. The smallest absolute Gasteiger partial charge is 0.262 e. The van der Waals surface area contributed by atoms with Gasteiger partial charge in [0.2, 0.25) is 0 Å². The van der Waals surface area contributed by atoms with Gasteiger partial charge in [-0.2, -0.15) is 0 Å². The Balaban J connectivity index is 1.82. The van der Waals surface area contributed by atoms with Crippen molar-refractivity contribution in [1.29, 1.82) is 0 Å². The average Bonchev–Trinajstić information content (AvgIpc) is 2.46. The van der Waals surface area contributed by atoms with Crippen molar-refractivity contribution in [3.8, 4) is 5.75 Å². The molecule has 5 heteroatoms. The predicted octanol–water partition coefficient (Wildman–Crippen LogP) is 2.58. The lowest BCUT2D eigenvalue weighted by molar-refractivity contribution is -0.118. The van der Waals surface area contributed by atoms with Gasteiger partial charge in [0.05, 0.1) is 5.69 Å². The van der Waals surface area contributed by atoms with E-state index in [-0.39, 0.29) is 18.4 Å². The number of aryl methyl sites for hydroxylation is 1. The molecule has 0 radical (unpaired) electrons. The minimum absolute atomic E-state index is 0.00182. The van der Waals surface area contributed by atoms with E-state index in [0.29, 0.717) is 17.0 Å². The van der Waals surface area contributed by atoms with Crippen molar-refractivity contribution >= 4 is 23.2 Å². The van der Waals surface area contributed by atoms with Gasteiger partial charge in [-0.05, 0) is 42.8 Å². The first-order valence-corrected chi connectivity index (χ1v) is 6.56. The summed E-state index contributed by atoms with van der Waals surface area (Å²) < 4.78 is 5.26. The third kappa shape index (κ3) is 2.86. The first-order chi connectivity index (χ1) is 10.1. The summed E-state index contributed by atoms with van der Waals surface area (Å²) >= 11 is 0. The fraction of sp³-hybridized carbons (Fsp3) is 0.125. The third-order valence-electron chi connectivity index (χ3n) is 3.15. The van der Waals surface area contributed by atoms with E-state index in [9.17, 15) is 9.59 Å². The largest absolute Gasteiger partial charge is 0.482 e. The molecule has 0 atom stereocenters. The van der Waals surface area contributed by atoms with E-state index in [1.54, 1.807) is 18.2 Å². The number of nitrogens with one attached hydrogen (secondary N) is 2. The summed E-state index contributed by atoms with van der Waals surface area (Å²) in [5, 5.41) is 5.51. The number of anilines is 2. The fourth-order valence-electron chi connectivity index (χ4n) is 2.15. The SMILES string of the molecule is Cc1cccc(NC(=O)c2ccc3c(c2)NC(=O)CO3)c1. The minimum Gasteiger partial charge on any atom is -0.482 e. The quantitative estimate of drug-likeness (QED) is 0.889. The number of benzene rings is 2. The Labute approximate surface area is 121 Å². The molecule has 1 aliphatic heterocycles. The molecule has 1 aliphatic rings. The molecule has 2 N–H and O–H groups in total. The Morgan fingerprint density at radius 1 is 1.24 bits per heavy atom. The molecule has 0 bridgehead atoms. The number of hydrogen-bond donors (Lipinski definition) is 2. The molecule has 0 saturated heterocycles. The van der Waals surface area contributed by atoms with Crippen LogP contribution in [0.3, 0.4) is 0 Å². The van der Waals surface area contributed by atoms with Gasteiger partial charge in [-0.25, -0.2) is 0 Å². The topological polar surface area (TPSA) is 67.4 Å². The van der Waals surface area contributed by atoms with Crippen LogP contribution in [-0.4, -0.2) is 18.4 Å². The molecule has 0 aliphatic carbocycles. The second-order valence-corrected chi connectivity index (χ2v) is 4.87.